The molecule has 0 atom stereocenters. The predicted molar refractivity (Wildman–Crippen MR) is 90.9 cm³/mol. The van der Waals surface area contributed by atoms with Crippen LogP contribution in [0.2, 0.25) is 5.02 Å². The lowest BCUT2D eigenvalue weighted by Crippen LogP contribution is -2.21. The van der Waals surface area contributed by atoms with Crippen molar-refractivity contribution >= 4 is 38.3 Å². The summed E-state index contributed by atoms with van der Waals surface area (Å²) in [4.78, 5) is 16.2. The van der Waals surface area contributed by atoms with E-state index in [-0.39, 0.29) is 10.6 Å². The SMILES string of the molecule is O=C(CS(=O)(=O)c1ccc(Cl)cc1)Oc1cccc2cccnc12. The molecule has 1 aromatic heterocycles. The van der Waals surface area contributed by atoms with Gasteiger partial charge in [-0.1, -0.05) is 29.8 Å². The number of fused-ring (bicyclic) bond motifs is 1. The fourth-order valence-corrected chi connectivity index (χ4v) is 3.40. The second-order valence-corrected chi connectivity index (χ2v) is 7.44. The van der Waals surface area contributed by atoms with E-state index >= 15 is 0 Å². The first-order valence-corrected chi connectivity index (χ1v) is 9.01. The summed E-state index contributed by atoms with van der Waals surface area (Å²) in [5, 5.41) is 1.21. The van der Waals surface area contributed by atoms with E-state index < -0.39 is 21.6 Å². The second-order valence-electron chi connectivity index (χ2n) is 5.02. The molecule has 5 nitrogen and oxygen atoms in total. The number of carbonyl (C=O) groups excluding carboxylic acids is 1. The highest BCUT2D eigenvalue weighted by Gasteiger charge is 2.21. The highest BCUT2D eigenvalue weighted by Crippen LogP contribution is 2.23. The highest BCUT2D eigenvalue weighted by molar-refractivity contribution is 7.92. The molecule has 0 aliphatic rings. The van der Waals surface area contributed by atoms with Crippen molar-refractivity contribution in [2.45, 2.75) is 4.90 Å². The number of benzene rings is 2. The van der Waals surface area contributed by atoms with Crippen molar-refractivity contribution in [2.24, 2.45) is 0 Å². The van der Waals surface area contributed by atoms with Crippen LogP contribution in [0.3, 0.4) is 0 Å². The molecule has 122 valence electrons. The van der Waals surface area contributed by atoms with Crippen LogP contribution in [-0.4, -0.2) is 25.1 Å². The fourth-order valence-electron chi connectivity index (χ4n) is 2.19. The van der Waals surface area contributed by atoms with Crippen molar-refractivity contribution in [3.8, 4) is 5.75 Å². The van der Waals surface area contributed by atoms with E-state index in [0.717, 1.165) is 5.39 Å². The summed E-state index contributed by atoms with van der Waals surface area (Å²) in [7, 11) is -3.80. The highest BCUT2D eigenvalue weighted by atomic mass is 35.5. The number of ether oxygens (including phenoxy) is 1. The van der Waals surface area contributed by atoms with Crippen LogP contribution >= 0.6 is 11.6 Å². The fraction of sp³-hybridized carbons (Fsp3) is 0.0588. The maximum Gasteiger partial charge on any atom is 0.327 e. The smallest absolute Gasteiger partial charge is 0.327 e. The first-order chi connectivity index (χ1) is 11.5. The average Bonchev–Trinajstić information content (AvgIpc) is 2.55. The largest absolute Gasteiger partial charge is 0.423 e. The molecular formula is C17H12ClNO4S. The van der Waals surface area contributed by atoms with Gasteiger partial charge < -0.3 is 4.74 Å². The van der Waals surface area contributed by atoms with E-state index in [9.17, 15) is 13.2 Å². The molecule has 0 aliphatic heterocycles. The molecule has 24 heavy (non-hydrogen) atoms. The Bertz CT molecular complexity index is 995. The first kappa shape index (κ1) is 16.4. The zero-order valence-corrected chi connectivity index (χ0v) is 13.9. The molecule has 1 heterocycles. The van der Waals surface area contributed by atoms with Crippen LogP contribution in [-0.2, 0) is 14.6 Å². The van der Waals surface area contributed by atoms with E-state index in [1.54, 1.807) is 24.4 Å². The first-order valence-electron chi connectivity index (χ1n) is 6.98. The molecule has 0 radical (unpaired) electrons. The molecule has 0 saturated heterocycles. The van der Waals surface area contributed by atoms with Crippen molar-refractivity contribution < 1.29 is 17.9 Å². The van der Waals surface area contributed by atoms with Gasteiger partial charge in [-0.3, -0.25) is 9.78 Å². The lowest BCUT2D eigenvalue weighted by molar-refractivity contribution is -0.131. The van der Waals surface area contributed by atoms with Crippen LogP contribution in [0.25, 0.3) is 10.9 Å². The molecule has 0 amide bonds. The summed E-state index contributed by atoms with van der Waals surface area (Å²) in [6, 6.07) is 14.3. The normalized spacial score (nSPS) is 11.4. The van der Waals surface area contributed by atoms with Crippen molar-refractivity contribution in [3.63, 3.8) is 0 Å². The van der Waals surface area contributed by atoms with Gasteiger partial charge in [-0.15, -0.1) is 0 Å². The Morgan fingerprint density at radius 1 is 1.04 bits per heavy atom. The third kappa shape index (κ3) is 3.55. The summed E-state index contributed by atoms with van der Waals surface area (Å²) in [5.41, 5.74) is 0.497. The molecule has 0 aliphatic carbocycles. The summed E-state index contributed by atoms with van der Waals surface area (Å²) in [6.45, 7) is 0. The van der Waals surface area contributed by atoms with Gasteiger partial charge in [0.05, 0.1) is 4.90 Å². The topological polar surface area (TPSA) is 73.3 Å². The Morgan fingerprint density at radius 3 is 2.50 bits per heavy atom. The number of hydrogen-bond donors (Lipinski definition) is 0. The Kier molecular flexibility index (Phi) is 4.51. The zero-order valence-electron chi connectivity index (χ0n) is 12.3. The van der Waals surface area contributed by atoms with E-state index in [1.165, 1.54) is 24.3 Å². The third-order valence-corrected chi connectivity index (χ3v) is 5.16. The maximum atomic E-state index is 12.2. The minimum atomic E-state index is -3.80. The van der Waals surface area contributed by atoms with Gasteiger partial charge in [0.2, 0.25) is 0 Å². The lowest BCUT2D eigenvalue weighted by atomic mass is 10.2. The number of carbonyl (C=O) groups is 1. The number of esters is 1. The number of rotatable bonds is 4. The number of pyridine rings is 1. The number of aromatic nitrogens is 1. The monoisotopic (exact) mass is 361 g/mol. The van der Waals surface area contributed by atoms with Gasteiger partial charge in [0.1, 0.15) is 5.52 Å². The Balaban J connectivity index is 1.81. The summed E-state index contributed by atoms with van der Waals surface area (Å²) in [5.74, 6) is -1.41. The van der Waals surface area contributed by atoms with Crippen LogP contribution in [0.4, 0.5) is 0 Å². The number of para-hydroxylation sites is 1. The standard InChI is InChI=1S/C17H12ClNO4S/c18-13-6-8-14(9-7-13)24(21,22)11-16(20)23-15-5-1-3-12-4-2-10-19-17(12)15/h1-10H,11H2. The number of nitrogens with zero attached hydrogens (tertiary/aromatic N) is 1. The van der Waals surface area contributed by atoms with Crippen LogP contribution in [0.1, 0.15) is 0 Å². The van der Waals surface area contributed by atoms with Crippen LogP contribution in [0, 0.1) is 0 Å². The summed E-state index contributed by atoms with van der Waals surface area (Å²) < 4.78 is 29.7. The molecule has 7 heteroatoms. The molecule has 0 saturated carbocycles. The van der Waals surface area contributed by atoms with Crippen molar-refractivity contribution in [3.05, 3.63) is 65.8 Å². The van der Waals surface area contributed by atoms with Gasteiger partial charge in [-0.25, -0.2) is 8.42 Å². The van der Waals surface area contributed by atoms with Gasteiger partial charge in [-0.2, -0.15) is 0 Å². The van der Waals surface area contributed by atoms with Gasteiger partial charge in [0.25, 0.3) is 0 Å². The zero-order chi connectivity index (χ0) is 17.2. The predicted octanol–water partition coefficient (Wildman–Crippen LogP) is 3.27. The van der Waals surface area contributed by atoms with Gasteiger partial charge in [-0.05, 0) is 36.4 Å². The van der Waals surface area contributed by atoms with Gasteiger partial charge in [0, 0.05) is 16.6 Å². The van der Waals surface area contributed by atoms with Crippen molar-refractivity contribution in [2.75, 3.05) is 5.75 Å². The molecule has 0 bridgehead atoms. The quantitative estimate of drug-likeness (QED) is 0.526. The molecule has 0 fully saturated rings. The molecular weight excluding hydrogens is 350 g/mol. The van der Waals surface area contributed by atoms with Crippen LogP contribution < -0.4 is 4.74 Å². The third-order valence-electron chi connectivity index (χ3n) is 3.30. The summed E-state index contributed by atoms with van der Waals surface area (Å²) in [6.07, 6.45) is 1.57. The number of hydrogen-bond acceptors (Lipinski definition) is 5. The second kappa shape index (κ2) is 6.59. The van der Waals surface area contributed by atoms with E-state index in [4.69, 9.17) is 16.3 Å². The summed E-state index contributed by atoms with van der Waals surface area (Å²) >= 11 is 5.74. The van der Waals surface area contributed by atoms with Gasteiger partial charge in [0.15, 0.2) is 21.3 Å². The van der Waals surface area contributed by atoms with Gasteiger partial charge >= 0.3 is 5.97 Å². The molecule has 3 rings (SSSR count). The Labute approximate surface area is 143 Å². The number of sulfone groups is 1. The minimum absolute atomic E-state index is 0.0138. The maximum absolute atomic E-state index is 12.2. The lowest BCUT2D eigenvalue weighted by Gasteiger charge is -2.08. The molecule has 0 spiro atoms. The van der Waals surface area contributed by atoms with Crippen LogP contribution in [0.15, 0.2) is 65.7 Å². The Morgan fingerprint density at radius 2 is 1.75 bits per heavy atom. The van der Waals surface area contributed by atoms with E-state index in [0.29, 0.717) is 10.5 Å². The Hall–Kier alpha value is -2.44. The molecule has 0 unspecified atom stereocenters. The molecule has 3 aromatic rings. The van der Waals surface area contributed by atoms with Crippen molar-refractivity contribution in [1.82, 2.24) is 4.98 Å². The average molecular weight is 362 g/mol. The molecule has 2 aromatic carbocycles. The number of halogens is 1. The molecule has 0 N–H and O–H groups in total. The minimum Gasteiger partial charge on any atom is -0.423 e. The van der Waals surface area contributed by atoms with Crippen LogP contribution in [0.5, 0.6) is 5.75 Å². The van der Waals surface area contributed by atoms with E-state index in [2.05, 4.69) is 4.98 Å². The van der Waals surface area contributed by atoms with Crippen molar-refractivity contribution in [1.29, 1.82) is 0 Å². The van der Waals surface area contributed by atoms with E-state index in [1.807, 2.05) is 12.1 Å².